The minimum absolute atomic E-state index is 0.249. The number of carbonyl (C=O) groups excluding carboxylic acids is 1. The maximum Gasteiger partial charge on any atom is 0.222 e. The number of aryl methyl sites for hydroxylation is 1. The van der Waals surface area contributed by atoms with Crippen LogP contribution in [0.1, 0.15) is 62.0 Å². The van der Waals surface area contributed by atoms with E-state index in [0.717, 1.165) is 55.0 Å². The number of rotatable bonds is 6. The lowest BCUT2D eigenvalue weighted by molar-refractivity contribution is -0.132. The quantitative estimate of drug-likeness (QED) is 0.569. The van der Waals surface area contributed by atoms with Gasteiger partial charge in [0.15, 0.2) is 0 Å². The monoisotopic (exact) mass is 414 g/mol. The zero-order valence-corrected chi connectivity index (χ0v) is 18.4. The van der Waals surface area contributed by atoms with E-state index in [1.165, 1.54) is 5.56 Å². The van der Waals surface area contributed by atoms with Gasteiger partial charge >= 0.3 is 0 Å². The van der Waals surface area contributed by atoms with Crippen LogP contribution in [0.25, 0.3) is 11.1 Å². The van der Waals surface area contributed by atoms with Gasteiger partial charge in [-0.15, -0.1) is 0 Å². The number of hydrogen-bond donors (Lipinski definition) is 0. The highest BCUT2D eigenvalue weighted by molar-refractivity contribution is 5.76. The van der Waals surface area contributed by atoms with Gasteiger partial charge in [-0.2, -0.15) is 0 Å². The van der Waals surface area contributed by atoms with Crippen LogP contribution in [0.15, 0.2) is 61.1 Å². The first-order valence-electron chi connectivity index (χ1n) is 11.2. The molecule has 31 heavy (non-hydrogen) atoms. The molecular weight excluding hydrogens is 384 g/mol. The first-order valence-corrected chi connectivity index (χ1v) is 11.2. The molecule has 0 saturated carbocycles. The molecule has 1 saturated heterocycles. The normalized spacial score (nSPS) is 14.7. The summed E-state index contributed by atoms with van der Waals surface area (Å²) < 4.78 is 0. The lowest BCUT2D eigenvalue weighted by Crippen LogP contribution is -2.38. The fourth-order valence-corrected chi connectivity index (χ4v) is 4.24. The molecule has 0 unspecified atom stereocenters. The number of benzene rings is 1. The molecule has 0 aliphatic carbocycles. The summed E-state index contributed by atoms with van der Waals surface area (Å²) in [5.74, 6) is 1.78. The van der Waals surface area contributed by atoms with E-state index in [-0.39, 0.29) is 5.91 Å². The van der Waals surface area contributed by atoms with E-state index in [0.29, 0.717) is 18.3 Å². The third-order valence-corrected chi connectivity index (χ3v) is 6.06. The third-order valence-electron chi connectivity index (χ3n) is 6.06. The van der Waals surface area contributed by atoms with E-state index in [9.17, 15) is 4.79 Å². The average Bonchev–Trinajstić information content (AvgIpc) is 2.83. The van der Waals surface area contributed by atoms with Gasteiger partial charge in [0, 0.05) is 49.6 Å². The molecule has 0 spiro atoms. The molecule has 3 heterocycles. The molecule has 5 nitrogen and oxygen atoms in total. The van der Waals surface area contributed by atoms with Crippen LogP contribution in [0.3, 0.4) is 0 Å². The Kier molecular flexibility index (Phi) is 6.70. The largest absolute Gasteiger partial charge is 0.343 e. The number of nitrogens with zero attached hydrogens (tertiary/aromatic N) is 4. The highest BCUT2D eigenvalue weighted by Crippen LogP contribution is 2.31. The molecule has 1 aromatic carbocycles. The summed E-state index contributed by atoms with van der Waals surface area (Å²) >= 11 is 0. The van der Waals surface area contributed by atoms with Gasteiger partial charge < -0.3 is 4.90 Å². The number of carbonyl (C=O) groups is 1. The van der Waals surface area contributed by atoms with Crippen molar-refractivity contribution in [3.8, 4) is 11.1 Å². The Labute approximate surface area is 184 Å². The smallest absolute Gasteiger partial charge is 0.222 e. The summed E-state index contributed by atoms with van der Waals surface area (Å²) in [5, 5.41) is 0. The van der Waals surface area contributed by atoms with Crippen molar-refractivity contribution in [2.45, 2.75) is 51.4 Å². The van der Waals surface area contributed by atoms with E-state index in [1.54, 1.807) is 12.4 Å². The van der Waals surface area contributed by atoms with Crippen molar-refractivity contribution in [2.75, 3.05) is 13.1 Å². The maximum atomic E-state index is 12.6. The molecule has 1 aliphatic rings. The summed E-state index contributed by atoms with van der Waals surface area (Å²) in [6.07, 6.45) is 8.78. The average molecular weight is 415 g/mol. The fraction of sp³-hybridized carbons (Fsp3) is 0.385. The number of pyridine rings is 1. The van der Waals surface area contributed by atoms with Gasteiger partial charge in [0.05, 0.1) is 5.69 Å². The van der Waals surface area contributed by atoms with Crippen LogP contribution in [0.5, 0.6) is 0 Å². The molecule has 5 heteroatoms. The Morgan fingerprint density at radius 1 is 1.06 bits per heavy atom. The first-order chi connectivity index (χ1) is 15.1. The topological polar surface area (TPSA) is 59.0 Å². The number of amides is 1. The van der Waals surface area contributed by atoms with Crippen LogP contribution in [-0.2, 0) is 11.2 Å². The predicted molar refractivity (Wildman–Crippen MR) is 123 cm³/mol. The standard InChI is InChI=1S/C26H30N4O/c1-19(2)25-23(21-10-14-27-15-11-21)18-28-26(29-25)22-12-16-30(17-13-22)24(31)9-8-20-6-4-3-5-7-20/h3-7,10-11,14-15,18-19,22H,8-9,12-13,16-17H2,1-2H3. The van der Waals surface area contributed by atoms with Crippen molar-refractivity contribution >= 4 is 5.91 Å². The summed E-state index contributed by atoms with van der Waals surface area (Å²) in [4.78, 5) is 28.5. The lowest BCUT2D eigenvalue weighted by atomic mass is 9.94. The van der Waals surface area contributed by atoms with Crippen LogP contribution in [0.2, 0.25) is 0 Å². The Balaban J connectivity index is 1.39. The van der Waals surface area contributed by atoms with Gasteiger partial charge in [-0.3, -0.25) is 9.78 Å². The Morgan fingerprint density at radius 2 is 1.77 bits per heavy atom. The molecule has 0 radical (unpaired) electrons. The highest BCUT2D eigenvalue weighted by atomic mass is 16.2. The third kappa shape index (κ3) is 5.16. The minimum Gasteiger partial charge on any atom is -0.343 e. The van der Waals surface area contributed by atoms with Crippen molar-refractivity contribution in [1.29, 1.82) is 0 Å². The van der Waals surface area contributed by atoms with Crippen LogP contribution in [0.4, 0.5) is 0 Å². The second-order valence-electron chi connectivity index (χ2n) is 8.56. The molecule has 1 fully saturated rings. The Morgan fingerprint density at radius 3 is 2.45 bits per heavy atom. The zero-order valence-electron chi connectivity index (χ0n) is 18.4. The second-order valence-corrected chi connectivity index (χ2v) is 8.56. The van der Waals surface area contributed by atoms with Crippen LogP contribution < -0.4 is 0 Å². The molecule has 4 rings (SSSR count). The number of aromatic nitrogens is 3. The molecule has 1 amide bonds. The van der Waals surface area contributed by atoms with E-state index >= 15 is 0 Å². The van der Waals surface area contributed by atoms with Gasteiger partial charge in [-0.05, 0) is 48.4 Å². The van der Waals surface area contributed by atoms with Crippen LogP contribution in [0, 0.1) is 0 Å². The van der Waals surface area contributed by atoms with Gasteiger partial charge in [-0.25, -0.2) is 9.97 Å². The first kappa shape index (κ1) is 21.2. The second kappa shape index (κ2) is 9.82. The van der Waals surface area contributed by atoms with Crippen molar-refractivity contribution in [1.82, 2.24) is 19.9 Å². The molecule has 160 valence electrons. The van der Waals surface area contributed by atoms with Gasteiger partial charge in [0.1, 0.15) is 5.82 Å². The minimum atomic E-state index is 0.249. The van der Waals surface area contributed by atoms with E-state index in [1.807, 2.05) is 41.4 Å². The van der Waals surface area contributed by atoms with Gasteiger partial charge in [0.25, 0.3) is 0 Å². The van der Waals surface area contributed by atoms with Crippen molar-refractivity contribution in [3.63, 3.8) is 0 Å². The fourth-order valence-electron chi connectivity index (χ4n) is 4.24. The summed E-state index contributed by atoms with van der Waals surface area (Å²) in [6.45, 7) is 5.91. The van der Waals surface area contributed by atoms with Crippen molar-refractivity contribution in [3.05, 3.63) is 78.1 Å². The molecule has 0 N–H and O–H groups in total. The van der Waals surface area contributed by atoms with Crippen molar-refractivity contribution in [2.24, 2.45) is 0 Å². The number of piperidine rings is 1. The molecule has 2 aromatic heterocycles. The van der Waals surface area contributed by atoms with Crippen LogP contribution >= 0.6 is 0 Å². The Bertz CT molecular complexity index is 996. The Hall–Kier alpha value is -3.08. The van der Waals surface area contributed by atoms with Crippen molar-refractivity contribution < 1.29 is 4.79 Å². The molecule has 3 aromatic rings. The van der Waals surface area contributed by atoms with E-state index < -0.39 is 0 Å². The summed E-state index contributed by atoms with van der Waals surface area (Å²) in [5.41, 5.74) is 4.48. The lowest BCUT2D eigenvalue weighted by Gasteiger charge is -2.31. The number of hydrogen-bond acceptors (Lipinski definition) is 4. The van der Waals surface area contributed by atoms with E-state index in [2.05, 4.69) is 31.0 Å². The molecule has 0 bridgehead atoms. The zero-order chi connectivity index (χ0) is 21.6. The molecular formula is C26H30N4O. The van der Waals surface area contributed by atoms with Crippen LogP contribution in [-0.4, -0.2) is 38.8 Å². The highest BCUT2D eigenvalue weighted by Gasteiger charge is 2.26. The van der Waals surface area contributed by atoms with E-state index in [4.69, 9.17) is 9.97 Å². The summed E-state index contributed by atoms with van der Waals surface area (Å²) in [6, 6.07) is 14.2. The summed E-state index contributed by atoms with van der Waals surface area (Å²) in [7, 11) is 0. The molecule has 0 atom stereocenters. The number of likely N-dealkylation sites (tertiary alicyclic amines) is 1. The molecule has 1 aliphatic heterocycles. The maximum absolute atomic E-state index is 12.6. The van der Waals surface area contributed by atoms with Gasteiger partial charge in [-0.1, -0.05) is 44.2 Å². The van der Waals surface area contributed by atoms with Gasteiger partial charge in [0.2, 0.25) is 5.91 Å². The predicted octanol–water partition coefficient (Wildman–Crippen LogP) is 5.00. The SMILES string of the molecule is CC(C)c1nc(C2CCN(C(=O)CCc3ccccc3)CC2)ncc1-c1ccncc1.